The molecule has 0 amide bonds. The van der Waals surface area contributed by atoms with Crippen LogP contribution in [0.2, 0.25) is 0 Å². The summed E-state index contributed by atoms with van der Waals surface area (Å²) in [5, 5.41) is 8.78. The molecule has 0 bridgehead atoms. The highest BCUT2D eigenvalue weighted by Gasteiger charge is 1.89. The summed E-state index contributed by atoms with van der Waals surface area (Å²) in [6, 6.07) is 0. The standard InChI is InChI=1S/C8H12O/c1-4-8(9)6-5-7(2)3/h1,5-9H,2-3H3/b6-5+. The average Bonchev–Trinajstić information content (AvgIpc) is 1.83. The Kier molecular flexibility index (Phi) is 3.83. The Morgan fingerprint density at radius 2 is 2.00 bits per heavy atom. The molecule has 0 aliphatic heterocycles. The van der Waals surface area contributed by atoms with Crippen LogP contribution in [-0.4, -0.2) is 11.2 Å². The van der Waals surface area contributed by atoms with E-state index in [0.29, 0.717) is 5.92 Å². The van der Waals surface area contributed by atoms with E-state index in [0.717, 1.165) is 0 Å². The molecule has 0 saturated carbocycles. The fourth-order valence-corrected chi connectivity index (χ4v) is 0.383. The maximum Gasteiger partial charge on any atom is 0.133 e. The third-order valence-corrected chi connectivity index (χ3v) is 0.849. The lowest BCUT2D eigenvalue weighted by Gasteiger charge is -1.94. The first-order valence-electron chi connectivity index (χ1n) is 2.99. The third-order valence-electron chi connectivity index (χ3n) is 0.849. The normalized spacial score (nSPS) is 14.1. The second kappa shape index (κ2) is 4.17. The van der Waals surface area contributed by atoms with Crippen molar-refractivity contribution in [3.8, 4) is 12.3 Å². The summed E-state index contributed by atoms with van der Waals surface area (Å²) in [6.07, 6.45) is 7.69. The highest BCUT2D eigenvalue weighted by atomic mass is 16.3. The highest BCUT2D eigenvalue weighted by molar-refractivity contribution is 5.06. The first-order valence-corrected chi connectivity index (χ1v) is 2.99. The summed E-state index contributed by atoms with van der Waals surface area (Å²) in [4.78, 5) is 0. The first kappa shape index (κ1) is 8.26. The van der Waals surface area contributed by atoms with Crippen LogP contribution in [0, 0.1) is 18.3 Å². The van der Waals surface area contributed by atoms with Crippen LogP contribution in [0.15, 0.2) is 12.2 Å². The van der Waals surface area contributed by atoms with E-state index in [1.807, 2.05) is 19.9 Å². The van der Waals surface area contributed by atoms with Gasteiger partial charge < -0.3 is 5.11 Å². The van der Waals surface area contributed by atoms with Crippen molar-refractivity contribution in [2.75, 3.05) is 0 Å². The lowest BCUT2D eigenvalue weighted by Crippen LogP contribution is -1.96. The van der Waals surface area contributed by atoms with E-state index in [1.54, 1.807) is 6.08 Å². The van der Waals surface area contributed by atoms with Gasteiger partial charge in [0.15, 0.2) is 0 Å². The monoisotopic (exact) mass is 124 g/mol. The minimum atomic E-state index is -0.715. The molecule has 1 nitrogen and oxygen atoms in total. The van der Waals surface area contributed by atoms with Gasteiger partial charge >= 0.3 is 0 Å². The van der Waals surface area contributed by atoms with Gasteiger partial charge in [0.25, 0.3) is 0 Å². The van der Waals surface area contributed by atoms with E-state index in [2.05, 4.69) is 5.92 Å². The molecule has 1 heteroatoms. The van der Waals surface area contributed by atoms with Gasteiger partial charge in [-0.05, 0) is 12.0 Å². The number of aliphatic hydroxyl groups is 1. The van der Waals surface area contributed by atoms with Crippen molar-refractivity contribution in [2.45, 2.75) is 20.0 Å². The SMILES string of the molecule is C#CC(O)/C=C/C(C)C. The quantitative estimate of drug-likeness (QED) is 0.433. The largest absolute Gasteiger partial charge is 0.377 e. The van der Waals surface area contributed by atoms with Gasteiger partial charge in [0.1, 0.15) is 6.10 Å². The fraction of sp³-hybridized carbons (Fsp3) is 0.500. The van der Waals surface area contributed by atoms with Gasteiger partial charge in [-0.15, -0.1) is 6.42 Å². The smallest absolute Gasteiger partial charge is 0.133 e. The predicted molar refractivity (Wildman–Crippen MR) is 38.8 cm³/mol. The van der Waals surface area contributed by atoms with E-state index in [-0.39, 0.29) is 0 Å². The van der Waals surface area contributed by atoms with Crippen LogP contribution in [0.25, 0.3) is 0 Å². The first-order chi connectivity index (χ1) is 4.16. The molecule has 0 heterocycles. The summed E-state index contributed by atoms with van der Waals surface area (Å²) >= 11 is 0. The van der Waals surface area contributed by atoms with Crippen molar-refractivity contribution in [1.29, 1.82) is 0 Å². The lowest BCUT2D eigenvalue weighted by atomic mass is 10.2. The zero-order valence-electron chi connectivity index (χ0n) is 5.83. The Labute approximate surface area is 56.4 Å². The Morgan fingerprint density at radius 1 is 1.44 bits per heavy atom. The summed E-state index contributed by atoms with van der Waals surface area (Å²) in [5.41, 5.74) is 0. The molecule has 0 aromatic heterocycles. The molecular formula is C8H12O. The van der Waals surface area contributed by atoms with Crippen LogP contribution in [-0.2, 0) is 0 Å². The number of hydrogen-bond acceptors (Lipinski definition) is 1. The van der Waals surface area contributed by atoms with E-state index < -0.39 is 6.10 Å². The molecule has 1 N–H and O–H groups in total. The maximum atomic E-state index is 8.78. The van der Waals surface area contributed by atoms with Gasteiger partial charge in [-0.2, -0.15) is 0 Å². The number of rotatable bonds is 2. The molecule has 0 fully saturated rings. The zero-order valence-corrected chi connectivity index (χ0v) is 5.83. The van der Waals surface area contributed by atoms with E-state index in [1.165, 1.54) is 0 Å². The number of terminal acetylenes is 1. The van der Waals surface area contributed by atoms with Gasteiger partial charge in [0, 0.05) is 0 Å². The van der Waals surface area contributed by atoms with Gasteiger partial charge in [0.2, 0.25) is 0 Å². The molecule has 0 aliphatic rings. The molecule has 0 aromatic carbocycles. The van der Waals surface area contributed by atoms with Crippen molar-refractivity contribution >= 4 is 0 Å². The van der Waals surface area contributed by atoms with E-state index in [4.69, 9.17) is 11.5 Å². The minimum absolute atomic E-state index is 0.452. The molecule has 1 unspecified atom stereocenters. The zero-order chi connectivity index (χ0) is 7.28. The Balaban J connectivity index is 3.60. The van der Waals surface area contributed by atoms with Gasteiger partial charge in [-0.25, -0.2) is 0 Å². The molecule has 9 heavy (non-hydrogen) atoms. The molecule has 0 saturated heterocycles. The summed E-state index contributed by atoms with van der Waals surface area (Å²) in [7, 11) is 0. The van der Waals surface area contributed by atoms with Crippen molar-refractivity contribution in [3.05, 3.63) is 12.2 Å². The van der Waals surface area contributed by atoms with Crippen molar-refractivity contribution in [3.63, 3.8) is 0 Å². The van der Waals surface area contributed by atoms with Gasteiger partial charge in [0.05, 0.1) is 0 Å². The lowest BCUT2D eigenvalue weighted by molar-refractivity contribution is 0.280. The predicted octanol–water partition coefficient (Wildman–Crippen LogP) is 1.19. The topological polar surface area (TPSA) is 20.2 Å². The fourth-order valence-electron chi connectivity index (χ4n) is 0.383. The van der Waals surface area contributed by atoms with Gasteiger partial charge in [-0.1, -0.05) is 25.8 Å². The molecule has 0 rings (SSSR count). The molecule has 1 atom stereocenters. The number of allylic oxidation sites excluding steroid dienone is 1. The summed E-state index contributed by atoms with van der Waals surface area (Å²) in [6.45, 7) is 4.06. The molecule has 0 aliphatic carbocycles. The molecule has 0 aromatic rings. The molecular weight excluding hydrogens is 112 g/mol. The summed E-state index contributed by atoms with van der Waals surface area (Å²) < 4.78 is 0. The number of aliphatic hydroxyl groups excluding tert-OH is 1. The highest BCUT2D eigenvalue weighted by Crippen LogP contribution is 1.94. The van der Waals surface area contributed by atoms with Crippen LogP contribution in [0.4, 0.5) is 0 Å². The van der Waals surface area contributed by atoms with E-state index >= 15 is 0 Å². The van der Waals surface area contributed by atoms with Crippen LogP contribution < -0.4 is 0 Å². The van der Waals surface area contributed by atoms with Crippen LogP contribution in [0.1, 0.15) is 13.8 Å². The Morgan fingerprint density at radius 3 is 2.33 bits per heavy atom. The molecule has 50 valence electrons. The van der Waals surface area contributed by atoms with Crippen LogP contribution in [0.3, 0.4) is 0 Å². The van der Waals surface area contributed by atoms with Crippen molar-refractivity contribution in [2.24, 2.45) is 5.92 Å². The number of hydrogen-bond donors (Lipinski definition) is 1. The third kappa shape index (κ3) is 5.13. The van der Waals surface area contributed by atoms with Crippen LogP contribution in [0.5, 0.6) is 0 Å². The van der Waals surface area contributed by atoms with Gasteiger partial charge in [-0.3, -0.25) is 0 Å². The van der Waals surface area contributed by atoms with Crippen LogP contribution >= 0.6 is 0 Å². The summed E-state index contributed by atoms with van der Waals surface area (Å²) in [5.74, 6) is 2.64. The second-order valence-electron chi connectivity index (χ2n) is 2.24. The maximum absolute atomic E-state index is 8.78. The minimum Gasteiger partial charge on any atom is -0.377 e. The Bertz CT molecular complexity index is 128. The second-order valence-corrected chi connectivity index (χ2v) is 2.24. The van der Waals surface area contributed by atoms with Crippen molar-refractivity contribution in [1.82, 2.24) is 0 Å². The average molecular weight is 124 g/mol. The van der Waals surface area contributed by atoms with E-state index in [9.17, 15) is 0 Å². The molecule has 0 radical (unpaired) electrons. The molecule has 0 spiro atoms. The van der Waals surface area contributed by atoms with Crippen molar-refractivity contribution < 1.29 is 5.11 Å². The Hall–Kier alpha value is -0.740.